The second-order valence-corrected chi connectivity index (χ2v) is 7.14. The molecule has 1 fully saturated rings. The Balaban J connectivity index is 1.65. The summed E-state index contributed by atoms with van der Waals surface area (Å²) in [5.41, 5.74) is 0.0371. The van der Waals surface area contributed by atoms with E-state index in [0.717, 1.165) is 18.9 Å². The molecular weight excluding hydrogens is 320 g/mol. The summed E-state index contributed by atoms with van der Waals surface area (Å²) in [5.74, 6) is 0.772. The predicted molar refractivity (Wildman–Crippen MR) is 96.9 cm³/mol. The van der Waals surface area contributed by atoms with Crippen molar-refractivity contribution < 1.29 is 14.3 Å². The van der Waals surface area contributed by atoms with Gasteiger partial charge < -0.3 is 20.3 Å². The fourth-order valence-electron chi connectivity index (χ4n) is 2.55. The highest BCUT2D eigenvalue weighted by Gasteiger charge is 2.16. The van der Waals surface area contributed by atoms with Crippen molar-refractivity contribution in [3.8, 4) is 0 Å². The molecule has 2 rings (SSSR count). The van der Waals surface area contributed by atoms with Crippen LogP contribution in [0.5, 0.6) is 0 Å². The first-order valence-corrected chi connectivity index (χ1v) is 8.81. The number of alkyl carbamates (subject to hydrolysis) is 1. The Kier molecular flexibility index (Phi) is 6.61. The molecule has 7 heteroatoms. The number of hydrogen-bond acceptors (Lipinski definition) is 5. The smallest absolute Gasteiger partial charge is 0.407 e. The van der Waals surface area contributed by atoms with E-state index in [1.54, 1.807) is 12.3 Å². The van der Waals surface area contributed by atoms with E-state index in [1.807, 2.05) is 26.8 Å². The van der Waals surface area contributed by atoms with E-state index in [1.165, 1.54) is 12.8 Å². The van der Waals surface area contributed by atoms with Crippen LogP contribution in [0.2, 0.25) is 0 Å². The summed E-state index contributed by atoms with van der Waals surface area (Å²) in [6.45, 7) is 8.43. The standard InChI is InChI=1S/C18H28N4O3/c1-18(2,3)25-17(24)20-10-6-9-19-16(23)14-7-8-15(21-13-14)22-11-4-5-12-22/h7-8,13H,4-6,9-12H2,1-3H3,(H,19,23)(H,20,24). The Labute approximate surface area is 149 Å². The van der Waals surface area contributed by atoms with Crippen LogP contribution in [0.25, 0.3) is 0 Å². The third-order valence-corrected chi connectivity index (χ3v) is 3.75. The zero-order valence-corrected chi connectivity index (χ0v) is 15.3. The third-order valence-electron chi connectivity index (χ3n) is 3.75. The van der Waals surface area contributed by atoms with E-state index in [-0.39, 0.29) is 5.91 Å². The molecule has 0 atom stereocenters. The molecule has 1 aliphatic heterocycles. The Bertz CT molecular complexity index is 575. The summed E-state index contributed by atoms with van der Waals surface area (Å²) in [6, 6.07) is 3.69. The summed E-state index contributed by atoms with van der Waals surface area (Å²) >= 11 is 0. The van der Waals surface area contributed by atoms with Gasteiger partial charge in [-0.25, -0.2) is 9.78 Å². The van der Waals surface area contributed by atoms with E-state index in [0.29, 0.717) is 25.1 Å². The van der Waals surface area contributed by atoms with Gasteiger partial charge in [0.05, 0.1) is 5.56 Å². The monoisotopic (exact) mass is 348 g/mol. The van der Waals surface area contributed by atoms with Gasteiger partial charge in [-0.3, -0.25) is 4.79 Å². The molecule has 0 unspecified atom stereocenters. The van der Waals surface area contributed by atoms with Crippen molar-refractivity contribution in [3.05, 3.63) is 23.9 Å². The molecule has 0 aliphatic carbocycles. The van der Waals surface area contributed by atoms with E-state index in [4.69, 9.17) is 4.74 Å². The number of nitrogens with zero attached hydrogens (tertiary/aromatic N) is 2. The first-order valence-electron chi connectivity index (χ1n) is 8.81. The molecule has 7 nitrogen and oxygen atoms in total. The highest BCUT2D eigenvalue weighted by atomic mass is 16.6. The summed E-state index contributed by atoms with van der Waals surface area (Å²) in [7, 11) is 0. The lowest BCUT2D eigenvalue weighted by Crippen LogP contribution is -2.34. The average molecular weight is 348 g/mol. The molecule has 1 saturated heterocycles. The lowest BCUT2D eigenvalue weighted by Gasteiger charge is -2.19. The molecule has 2 amide bonds. The minimum Gasteiger partial charge on any atom is -0.444 e. The van der Waals surface area contributed by atoms with Crippen molar-refractivity contribution in [2.24, 2.45) is 0 Å². The van der Waals surface area contributed by atoms with Gasteiger partial charge in [-0.1, -0.05) is 0 Å². The largest absolute Gasteiger partial charge is 0.444 e. The lowest BCUT2D eigenvalue weighted by molar-refractivity contribution is 0.0527. The normalized spacial score (nSPS) is 14.3. The summed E-state index contributed by atoms with van der Waals surface area (Å²) in [4.78, 5) is 30.2. The van der Waals surface area contributed by atoms with Crippen molar-refractivity contribution >= 4 is 17.8 Å². The van der Waals surface area contributed by atoms with Crippen molar-refractivity contribution in [2.45, 2.75) is 45.6 Å². The quantitative estimate of drug-likeness (QED) is 0.771. The van der Waals surface area contributed by atoms with Crippen LogP contribution in [0.4, 0.5) is 10.6 Å². The van der Waals surface area contributed by atoms with Crippen LogP contribution in [0, 0.1) is 0 Å². The van der Waals surface area contributed by atoms with E-state index in [9.17, 15) is 9.59 Å². The van der Waals surface area contributed by atoms with Gasteiger partial charge in [-0.05, 0) is 52.2 Å². The summed E-state index contributed by atoms with van der Waals surface area (Å²) in [6.07, 6.45) is 4.19. The Hall–Kier alpha value is -2.31. The van der Waals surface area contributed by atoms with Crippen LogP contribution in [0.1, 0.15) is 50.4 Å². The number of ether oxygens (including phenoxy) is 1. The molecule has 1 aromatic rings. The number of anilines is 1. The topological polar surface area (TPSA) is 83.6 Å². The molecule has 138 valence electrons. The maximum absolute atomic E-state index is 12.1. The van der Waals surface area contributed by atoms with Gasteiger partial charge in [0, 0.05) is 32.4 Å². The zero-order chi connectivity index (χ0) is 18.3. The third kappa shape index (κ3) is 6.60. The maximum atomic E-state index is 12.1. The highest BCUT2D eigenvalue weighted by molar-refractivity contribution is 5.94. The molecular formula is C18H28N4O3. The SMILES string of the molecule is CC(C)(C)OC(=O)NCCCNC(=O)c1ccc(N2CCCC2)nc1. The van der Waals surface area contributed by atoms with Crippen LogP contribution in [-0.2, 0) is 4.74 Å². The van der Waals surface area contributed by atoms with Crippen LogP contribution < -0.4 is 15.5 Å². The maximum Gasteiger partial charge on any atom is 0.407 e. The number of rotatable bonds is 6. The number of amides is 2. The van der Waals surface area contributed by atoms with E-state index in [2.05, 4.69) is 20.5 Å². The Morgan fingerprint density at radius 1 is 1.16 bits per heavy atom. The molecule has 0 spiro atoms. The summed E-state index contributed by atoms with van der Waals surface area (Å²) < 4.78 is 5.14. The van der Waals surface area contributed by atoms with Gasteiger partial charge in [-0.2, -0.15) is 0 Å². The zero-order valence-electron chi connectivity index (χ0n) is 15.3. The number of carbonyl (C=O) groups excluding carboxylic acids is 2. The molecule has 2 heterocycles. The fourth-order valence-corrected chi connectivity index (χ4v) is 2.55. The number of pyridine rings is 1. The van der Waals surface area contributed by atoms with Crippen LogP contribution in [0.15, 0.2) is 18.3 Å². The van der Waals surface area contributed by atoms with Gasteiger partial charge >= 0.3 is 6.09 Å². The molecule has 0 saturated carbocycles. The highest BCUT2D eigenvalue weighted by Crippen LogP contribution is 2.17. The molecule has 25 heavy (non-hydrogen) atoms. The van der Waals surface area contributed by atoms with Crippen molar-refractivity contribution in [1.29, 1.82) is 0 Å². The van der Waals surface area contributed by atoms with Crippen LogP contribution >= 0.6 is 0 Å². The van der Waals surface area contributed by atoms with Crippen LogP contribution in [-0.4, -0.2) is 48.8 Å². The summed E-state index contributed by atoms with van der Waals surface area (Å²) in [5, 5.41) is 5.49. The van der Waals surface area contributed by atoms with Gasteiger partial charge in [-0.15, -0.1) is 0 Å². The molecule has 0 bridgehead atoms. The van der Waals surface area contributed by atoms with Crippen LogP contribution in [0.3, 0.4) is 0 Å². The van der Waals surface area contributed by atoms with E-state index >= 15 is 0 Å². The second kappa shape index (κ2) is 8.69. The number of carbonyl (C=O) groups is 2. The van der Waals surface area contributed by atoms with Crippen molar-refractivity contribution in [3.63, 3.8) is 0 Å². The lowest BCUT2D eigenvalue weighted by atomic mass is 10.2. The number of hydrogen-bond donors (Lipinski definition) is 2. The number of aromatic nitrogens is 1. The first kappa shape index (κ1) is 19.0. The van der Waals surface area contributed by atoms with E-state index < -0.39 is 11.7 Å². The molecule has 1 aliphatic rings. The molecule has 0 radical (unpaired) electrons. The molecule has 2 N–H and O–H groups in total. The van der Waals surface area contributed by atoms with Crippen molar-refractivity contribution in [1.82, 2.24) is 15.6 Å². The minimum atomic E-state index is -0.507. The molecule has 1 aromatic heterocycles. The second-order valence-electron chi connectivity index (χ2n) is 7.14. The number of nitrogens with one attached hydrogen (secondary N) is 2. The van der Waals surface area contributed by atoms with Gasteiger partial charge in [0.1, 0.15) is 11.4 Å². The minimum absolute atomic E-state index is 0.155. The van der Waals surface area contributed by atoms with Gasteiger partial charge in [0.25, 0.3) is 5.91 Å². The van der Waals surface area contributed by atoms with Gasteiger partial charge in [0.2, 0.25) is 0 Å². The van der Waals surface area contributed by atoms with Crippen molar-refractivity contribution in [2.75, 3.05) is 31.1 Å². The fraction of sp³-hybridized carbons (Fsp3) is 0.611. The Morgan fingerprint density at radius 2 is 1.84 bits per heavy atom. The van der Waals surface area contributed by atoms with Gasteiger partial charge in [0.15, 0.2) is 0 Å². The average Bonchev–Trinajstić information content (AvgIpc) is 3.07. The molecule has 0 aromatic carbocycles. The predicted octanol–water partition coefficient (Wildman–Crippen LogP) is 2.33. The Morgan fingerprint density at radius 3 is 2.44 bits per heavy atom. The first-order chi connectivity index (χ1) is 11.8.